The summed E-state index contributed by atoms with van der Waals surface area (Å²) in [6, 6.07) is 10.9. The molecule has 98 valence electrons. The molecule has 21 heavy (non-hydrogen) atoms. The van der Waals surface area contributed by atoms with E-state index in [9.17, 15) is 0 Å². The van der Waals surface area contributed by atoms with Crippen LogP contribution in [0, 0.1) is 35.0 Å². The first kappa shape index (κ1) is 13.9. The molecule has 0 saturated carbocycles. The summed E-state index contributed by atoms with van der Waals surface area (Å²) in [6.45, 7) is 0.285. The molecule has 0 N–H and O–H groups in total. The lowest BCUT2D eigenvalue weighted by atomic mass is 10.1. The van der Waals surface area contributed by atoms with Crippen LogP contribution >= 0.6 is 0 Å². The Morgan fingerprint density at radius 3 is 2.24 bits per heavy atom. The van der Waals surface area contributed by atoms with Crippen molar-refractivity contribution >= 4 is 5.71 Å². The molecule has 1 heterocycles. The third-order valence-corrected chi connectivity index (χ3v) is 2.66. The number of aromatic nitrogens is 2. The second-order valence-corrected chi connectivity index (χ2v) is 4.03. The van der Waals surface area contributed by atoms with E-state index in [0.29, 0.717) is 11.4 Å². The highest BCUT2D eigenvalue weighted by molar-refractivity contribution is 6.10. The predicted octanol–water partition coefficient (Wildman–Crippen LogP) is 2.11. The van der Waals surface area contributed by atoms with Gasteiger partial charge in [0, 0.05) is 18.0 Å². The van der Waals surface area contributed by atoms with Crippen LogP contribution in [0.5, 0.6) is 0 Å². The highest BCUT2D eigenvalue weighted by Crippen LogP contribution is 2.15. The molecule has 1 aromatic carbocycles. The van der Waals surface area contributed by atoms with E-state index < -0.39 is 0 Å². The van der Waals surface area contributed by atoms with Crippen molar-refractivity contribution in [3.05, 3.63) is 47.8 Å². The molecule has 0 bridgehead atoms. The van der Waals surface area contributed by atoms with Crippen molar-refractivity contribution in [1.29, 1.82) is 10.5 Å². The van der Waals surface area contributed by atoms with Gasteiger partial charge in [0.05, 0.1) is 12.1 Å². The zero-order valence-corrected chi connectivity index (χ0v) is 11.0. The first-order valence-corrected chi connectivity index (χ1v) is 5.99. The monoisotopic (exact) mass is 271 g/mol. The molecule has 0 fully saturated rings. The minimum atomic E-state index is -0.132. The minimum Gasteiger partial charge on any atom is -0.260 e. The van der Waals surface area contributed by atoms with Gasteiger partial charge in [-0.2, -0.15) is 10.5 Å². The van der Waals surface area contributed by atoms with Gasteiger partial charge in [-0.25, -0.2) is 9.97 Å². The summed E-state index contributed by atoms with van der Waals surface area (Å²) < 4.78 is 0. The third kappa shape index (κ3) is 3.50. The number of nitriles is 2. The van der Waals surface area contributed by atoms with E-state index in [2.05, 4.69) is 20.9 Å². The van der Waals surface area contributed by atoms with Crippen molar-refractivity contribution in [2.75, 3.05) is 0 Å². The van der Waals surface area contributed by atoms with Crippen LogP contribution in [-0.4, -0.2) is 15.7 Å². The average Bonchev–Trinajstić information content (AvgIpc) is 2.56. The van der Waals surface area contributed by atoms with Crippen molar-refractivity contribution in [2.24, 2.45) is 4.99 Å². The Morgan fingerprint density at radius 1 is 1.10 bits per heavy atom. The van der Waals surface area contributed by atoms with Gasteiger partial charge in [0.15, 0.2) is 5.82 Å². The number of terminal acetylenes is 1. The summed E-state index contributed by atoms with van der Waals surface area (Å²) in [4.78, 5) is 12.3. The quantitative estimate of drug-likeness (QED) is 0.632. The van der Waals surface area contributed by atoms with Crippen LogP contribution in [0.4, 0.5) is 0 Å². The third-order valence-electron chi connectivity index (χ3n) is 2.66. The minimum absolute atomic E-state index is 0.132. The lowest BCUT2D eigenvalue weighted by Crippen LogP contribution is -1.92. The zero-order valence-electron chi connectivity index (χ0n) is 11.0. The van der Waals surface area contributed by atoms with E-state index in [1.165, 1.54) is 0 Å². The Balaban J connectivity index is 2.16. The van der Waals surface area contributed by atoms with Crippen molar-refractivity contribution in [1.82, 2.24) is 9.97 Å². The Morgan fingerprint density at radius 2 is 1.71 bits per heavy atom. The topological polar surface area (TPSA) is 85.7 Å². The van der Waals surface area contributed by atoms with E-state index in [-0.39, 0.29) is 12.3 Å². The SMILES string of the molecule is C#Cc1cnc(-c2ccc(CN=C(C#N)C#N)cc2)nc1. The average molecular weight is 271 g/mol. The Bertz CT molecular complexity index is 765. The number of nitrogens with zero attached hydrogens (tertiary/aromatic N) is 5. The van der Waals surface area contributed by atoms with Crippen LogP contribution in [0.15, 0.2) is 41.7 Å². The van der Waals surface area contributed by atoms with Crippen molar-refractivity contribution in [3.8, 4) is 35.9 Å². The van der Waals surface area contributed by atoms with E-state index in [1.807, 2.05) is 24.3 Å². The Labute approximate surface area is 122 Å². The largest absolute Gasteiger partial charge is 0.260 e. The summed E-state index contributed by atoms with van der Waals surface area (Å²) in [5.41, 5.74) is 2.24. The summed E-state index contributed by atoms with van der Waals surface area (Å²) in [6.07, 6.45) is 8.43. The number of rotatable bonds is 3. The highest BCUT2D eigenvalue weighted by Gasteiger charge is 2.01. The maximum absolute atomic E-state index is 8.61. The maximum Gasteiger partial charge on any atom is 0.213 e. The molecule has 5 nitrogen and oxygen atoms in total. The van der Waals surface area contributed by atoms with Gasteiger partial charge in [-0.3, -0.25) is 4.99 Å². The van der Waals surface area contributed by atoms with Gasteiger partial charge < -0.3 is 0 Å². The zero-order chi connectivity index (χ0) is 15.1. The van der Waals surface area contributed by atoms with Crippen LogP contribution in [0.2, 0.25) is 0 Å². The van der Waals surface area contributed by atoms with Gasteiger partial charge in [0.1, 0.15) is 12.1 Å². The van der Waals surface area contributed by atoms with Crippen LogP contribution in [0.3, 0.4) is 0 Å². The molecular weight excluding hydrogens is 262 g/mol. The number of aliphatic imine (C=N–C) groups is 1. The fourth-order valence-electron chi connectivity index (χ4n) is 1.58. The van der Waals surface area contributed by atoms with E-state index in [0.717, 1.165) is 11.1 Å². The summed E-state index contributed by atoms with van der Waals surface area (Å²) in [7, 11) is 0. The molecule has 5 heteroatoms. The van der Waals surface area contributed by atoms with Crippen molar-refractivity contribution < 1.29 is 0 Å². The van der Waals surface area contributed by atoms with Crippen LogP contribution in [0.1, 0.15) is 11.1 Å². The van der Waals surface area contributed by atoms with Gasteiger partial charge in [-0.15, -0.1) is 6.42 Å². The smallest absolute Gasteiger partial charge is 0.213 e. The van der Waals surface area contributed by atoms with Gasteiger partial charge in [0.2, 0.25) is 5.71 Å². The molecule has 1 aromatic heterocycles. The number of hydrogen-bond donors (Lipinski definition) is 0. The second-order valence-electron chi connectivity index (χ2n) is 4.03. The van der Waals surface area contributed by atoms with Gasteiger partial charge >= 0.3 is 0 Å². The summed E-state index contributed by atoms with van der Waals surface area (Å²) >= 11 is 0. The molecule has 0 atom stereocenters. The summed E-state index contributed by atoms with van der Waals surface area (Å²) in [5.74, 6) is 3.04. The first-order chi connectivity index (χ1) is 10.3. The lowest BCUT2D eigenvalue weighted by Gasteiger charge is -2.01. The maximum atomic E-state index is 8.61. The van der Waals surface area contributed by atoms with Crippen molar-refractivity contribution in [3.63, 3.8) is 0 Å². The predicted molar refractivity (Wildman–Crippen MR) is 77.8 cm³/mol. The van der Waals surface area contributed by atoms with Gasteiger partial charge in [-0.05, 0) is 5.56 Å². The molecule has 0 saturated heterocycles. The molecular formula is C16H9N5. The number of benzene rings is 1. The fraction of sp³-hybridized carbons (Fsp3) is 0.0625. The number of hydrogen-bond acceptors (Lipinski definition) is 5. The summed E-state index contributed by atoms with van der Waals surface area (Å²) in [5, 5.41) is 17.2. The molecule has 0 spiro atoms. The van der Waals surface area contributed by atoms with Crippen molar-refractivity contribution in [2.45, 2.75) is 6.54 Å². The van der Waals surface area contributed by atoms with E-state index >= 15 is 0 Å². The van der Waals surface area contributed by atoms with Gasteiger partial charge in [0.25, 0.3) is 0 Å². The van der Waals surface area contributed by atoms with Crippen LogP contribution in [0.25, 0.3) is 11.4 Å². The van der Waals surface area contributed by atoms with Crippen LogP contribution < -0.4 is 0 Å². The molecule has 2 aromatic rings. The second kappa shape index (κ2) is 6.61. The molecule has 0 aliphatic heterocycles. The standard InChI is InChI=1S/C16H9N5/c1-2-12-9-20-16(21-10-12)14-5-3-13(4-6-14)11-19-15(7-17)8-18/h1,3-6,9-10H,11H2. The molecule has 0 radical (unpaired) electrons. The fourth-order valence-corrected chi connectivity index (χ4v) is 1.58. The Kier molecular flexibility index (Phi) is 4.39. The van der Waals surface area contributed by atoms with Gasteiger partial charge in [-0.1, -0.05) is 30.2 Å². The lowest BCUT2D eigenvalue weighted by molar-refractivity contribution is 1.07. The molecule has 2 rings (SSSR count). The molecule has 0 aliphatic carbocycles. The molecule has 0 amide bonds. The van der Waals surface area contributed by atoms with Crippen LogP contribution in [-0.2, 0) is 6.54 Å². The highest BCUT2D eigenvalue weighted by atomic mass is 14.9. The molecule has 0 aliphatic rings. The molecule has 0 unspecified atom stereocenters. The Hall–Kier alpha value is -3.49. The normalized spacial score (nSPS) is 9.00. The van der Waals surface area contributed by atoms with E-state index in [4.69, 9.17) is 16.9 Å². The first-order valence-electron chi connectivity index (χ1n) is 5.99. The van der Waals surface area contributed by atoms with E-state index in [1.54, 1.807) is 24.5 Å².